The van der Waals surface area contributed by atoms with Crippen molar-refractivity contribution in [1.82, 2.24) is 0 Å². The molecular weight excluding hydrogens is 296 g/mol. The molecule has 3 aromatic rings. The lowest BCUT2D eigenvalue weighted by molar-refractivity contribution is 0.171. The van der Waals surface area contributed by atoms with Crippen molar-refractivity contribution in [2.75, 3.05) is 0 Å². The first-order chi connectivity index (χ1) is 11.4. The van der Waals surface area contributed by atoms with E-state index >= 15 is 0 Å². The van der Waals surface area contributed by atoms with Crippen LogP contribution in [0.25, 0.3) is 20.2 Å². The molecule has 5 rings (SSSR count). The van der Waals surface area contributed by atoms with Crippen molar-refractivity contribution in [1.29, 1.82) is 0 Å². The van der Waals surface area contributed by atoms with E-state index < -0.39 is 0 Å². The van der Waals surface area contributed by atoms with E-state index in [9.17, 15) is 0 Å². The summed E-state index contributed by atoms with van der Waals surface area (Å²) in [6.45, 7) is 0. The van der Waals surface area contributed by atoms with Crippen LogP contribution in [0, 0.1) is 11.8 Å². The van der Waals surface area contributed by atoms with Crippen molar-refractivity contribution in [2.45, 2.75) is 51.4 Å². The van der Waals surface area contributed by atoms with Gasteiger partial charge in [0.25, 0.3) is 0 Å². The number of rotatable bonds is 0. The Morgan fingerprint density at radius 3 is 1.39 bits per heavy atom. The van der Waals surface area contributed by atoms with Gasteiger partial charge in [0.05, 0.1) is 0 Å². The normalized spacial score (nSPS) is 24.0. The molecule has 0 bridgehead atoms. The van der Waals surface area contributed by atoms with E-state index in [0.29, 0.717) is 0 Å². The predicted molar refractivity (Wildman–Crippen MR) is 103 cm³/mol. The number of fused-ring (bicyclic) bond motifs is 4. The van der Waals surface area contributed by atoms with Gasteiger partial charge in [-0.2, -0.15) is 0 Å². The molecule has 0 atom stereocenters. The first-order valence-electron chi connectivity index (χ1n) is 9.28. The largest absolute Gasteiger partial charge is 0.135 e. The fraction of sp³-hybridized carbons (Fsp3) is 0.455. The van der Waals surface area contributed by atoms with Crippen LogP contribution in [0.5, 0.6) is 0 Å². The molecule has 0 unspecified atom stereocenters. The zero-order valence-corrected chi connectivity index (χ0v) is 14.7. The molecule has 0 spiro atoms. The lowest BCUT2D eigenvalue weighted by Gasteiger charge is -2.35. The lowest BCUT2D eigenvalue weighted by atomic mass is 9.71. The summed E-state index contributed by atoms with van der Waals surface area (Å²) in [4.78, 5) is 0. The van der Waals surface area contributed by atoms with Crippen LogP contribution in [0.1, 0.15) is 51.4 Å². The third kappa shape index (κ3) is 3.30. The van der Waals surface area contributed by atoms with Crippen LogP contribution in [-0.4, -0.2) is 0 Å². The molecule has 0 saturated heterocycles. The molecule has 2 saturated carbocycles. The maximum atomic E-state index is 2.19. The maximum absolute atomic E-state index is 2.19. The van der Waals surface area contributed by atoms with Gasteiger partial charge in [-0.3, -0.25) is 0 Å². The molecule has 0 radical (unpaired) electrons. The predicted octanol–water partition coefficient (Wildman–Crippen LogP) is 7.42. The molecule has 1 aromatic heterocycles. The Kier molecular flexibility index (Phi) is 4.66. The molecule has 0 N–H and O–H groups in total. The van der Waals surface area contributed by atoms with E-state index in [4.69, 9.17) is 0 Å². The quantitative estimate of drug-likeness (QED) is 0.404. The fourth-order valence-corrected chi connectivity index (χ4v) is 5.64. The van der Waals surface area contributed by atoms with Crippen LogP contribution in [0.4, 0.5) is 0 Å². The maximum Gasteiger partial charge on any atom is 0.0355 e. The molecular formula is C22H26S. The molecule has 23 heavy (non-hydrogen) atoms. The first kappa shape index (κ1) is 15.2. The van der Waals surface area contributed by atoms with E-state index in [1.807, 2.05) is 11.3 Å². The van der Waals surface area contributed by atoms with Gasteiger partial charge in [-0.15, -0.1) is 11.3 Å². The third-order valence-electron chi connectivity index (χ3n) is 5.75. The van der Waals surface area contributed by atoms with Crippen molar-refractivity contribution < 1.29 is 0 Å². The third-order valence-corrected chi connectivity index (χ3v) is 6.90. The Morgan fingerprint density at radius 1 is 0.565 bits per heavy atom. The molecule has 1 heterocycles. The highest BCUT2D eigenvalue weighted by molar-refractivity contribution is 7.25. The summed E-state index contributed by atoms with van der Waals surface area (Å²) in [5, 5.41) is 2.76. The van der Waals surface area contributed by atoms with Crippen LogP contribution in [-0.2, 0) is 0 Å². The molecule has 2 aliphatic rings. The average molecular weight is 323 g/mol. The van der Waals surface area contributed by atoms with Crippen LogP contribution in [0.15, 0.2) is 48.5 Å². The minimum absolute atomic E-state index is 1.16. The van der Waals surface area contributed by atoms with E-state index in [0.717, 1.165) is 11.8 Å². The van der Waals surface area contributed by atoms with E-state index in [-0.39, 0.29) is 0 Å². The monoisotopic (exact) mass is 322 g/mol. The minimum Gasteiger partial charge on any atom is -0.135 e. The van der Waals surface area contributed by atoms with E-state index in [1.54, 1.807) is 25.7 Å². The first-order valence-corrected chi connectivity index (χ1v) is 10.1. The smallest absolute Gasteiger partial charge is 0.0355 e. The Balaban J connectivity index is 0.000000122. The Hall–Kier alpha value is -1.34. The van der Waals surface area contributed by atoms with Gasteiger partial charge in [0.1, 0.15) is 0 Å². The summed E-state index contributed by atoms with van der Waals surface area (Å²) >= 11 is 1.86. The van der Waals surface area contributed by atoms with Gasteiger partial charge in [0, 0.05) is 20.2 Å². The van der Waals surface area contributed by atoms with Crippen molar-refractivity contribution in [3.63, 3.8) is 0 Å². The fourth-order valence-electron chi connectivity index (χ4n) is 4.53. The molecule has 0 amide bonds. The van der Waals surface area contributed by atoms with E-state index in [1.165, 1.54) is 45.9 Å². The van der Waals surface area contributed by atoms with Crippen molar-refractivity contribution in [3.8, 4) is 0 Å². The molecule has 2 aliphatic carbocycles. The van der Waals surface area contributed by atoms with Crippen LogP contribution in [0.3, 0.4) is 0 Å². The van der Waals surface area contributed by atoms with Gasteiger partial charge in [-0.25, -0.2) is 0 Å². The Bertz CT molecular complexity index is 693. The minimum atomic E-state index is 1.16. The highest BCUT2D eigenvalue weighted by Gasteiger charge is 2.26. The molecule has 2 aromatic carbocycles. The Morgan fingerprint density at radius 2 is 0.957 bits per heavy atom. The molecule has 0 nitrogen and oxygen atoms in total. The van der Waals surface area contributed by atoms with Crippen LogP contribution < -0.4 is 0 Å². The lowest BCUT2D eigenvalue weighted by Crippen LogP contribution is -2.22. The van der Waals surface area contributed by atoms with Crippen molar-refractivity contribution in [2.24, 2.45) is 11.8 Å². The number of benzene rings is 2. The van der Waals surface area contributed by atoms with Crippen LogP contribution >= 0.6 is 11.3 Å². The second-order valence-corrected chi connectivity index (χ2v) is 8.27. The Labute approximate surface area is 143 Å². The van der Waals surface area contributed by atoms with Gasteiger partial charge < -0.3 is 0 Å². The molecule has 1 heteroatoms. The average Bonchev–Trinajstić information content (AvgIpc) is 3.01. The highest BCUT2D eigenvalue weighted by atomic mass is 32.1. The second kappa shape index (κ2) is 7.05. The van der Waals surface area contributed by atoms with Crippen LogP contribution in [0.2, 0.25) is 0 Å². The number of hydrogen-bond acceptors (Lipinski definition) is 1. The highest BCUT2D eigenvalue weighted by Crippen LogP contribution is 2.40. The van der Waals surface area contributed by atoms with Gasteiger partial charge in [-0.05, 0) is 24.0 Å². The van der Waals surface area contributed by atoms with Gasteiger partial charge in [0.2, 0.25) is 0 Å². The number of thiophene rings is 1. The summed E-state index contributed by atoms with van der Waals surface area (Å²) in [6.07, 6.45) is 12.4. The standard InChI is InChI=1S/C12H8S.C10H18/c1-3-7-11-9(5-1)10-6-2-4-8-12(10)13-11;1-2-6-10-8-4-3-7-9(10)5-1/h1-8H;9-10H,1-8H2. The summed E-state index contributed by atoms with van der Waals surface area (Å²) in [5.41, 5.74) is 0. The molecule has 2 fully saturated rings. The second-order valence-electron chi connectivity index (χ2n) is 7.18. The summed E-state index contributed by atoms with van der Waals surface area (Å²) in [6, 6.07) is 17.1. The summed E-state index contributed by atoms with van der Waals surface area (Å²) in [7, 11) is 0. The zero-order valence-electron chi connectivity index (χ0n) is 13.8. The SMILES string of the molecule is C1CCC2CCCCC2C1.c1ccc2c(c1)sc1ccccc12. The molecule has 120 valence electrons. The topological polar surface area (TPSA) is 0 Å². The molecule has 0 aliphatic heterocycles. The number of hydrogen-bond donors (Lipinski definition) is 0. The van der Waals surface area contributed by atoms with Gasteiger partial charge in [0.15, 0.2) is 0 Å². The summed E-state index contributed by atoms with van der Waals surface area (Å²) < 4.78 is 2.76. The van der Waals surface area contributed by atoms with Crippen molar-refractivity contribution >= 4 is 31.5 Å². The van der Waals surface area contributed by atoms with Crippen molar-refractivity contribution in [3.05, 3.63) is 48.5 Å². The zero-order chi connectivity index (χ0) is 15.5. The van der Waals surface area contributed by atoms with E-state index in [2.05, 4.69) is 48.5 Å². The van der Waals surface area contributed by atoms with Gasteiger partial charge in [-0.1, -0.05) is 87.8 Å². The summed E-state index contributed by atoms with van der Waals surface area (Å²) in [5.74, 6) is 2.31. The van der Waals surface area contributed by atoms with Gasteiger partial charge >= 0.3 is 0 Å².